The number of rotatable bonds is 4. The first kappa shape index (κ1) is 14.0. The maximum atomic E-state index is 12.1. The molecule has 5 nitrogen and oxygen atoms in total. The lowest BCUT2D eigenvalue weighted by Gasteiger charge is -2.35. The monoisotopic (exact) mass is 283 g/mol. The van der Waals surface area contributed by atoms with Crippen LogP contribution in [-0.4, -0.2) is 36.1 Å². The summed E-state index contributed by atoms with van der Waals surface area (Å²) in [6, 6.07) is 6.86. The number of sulfonamides is 1. The number of aliphatic carboxylic acids is 1. The molecule has 0 bridgehead atoms. The van der Waals surface area contributed by atoms with Crippen molar-refractivity contribution in [2.24, 2.45) is 0 Å². The Morgan fingerprint density at radius 2 is 2.11 bits per heavy atom. The largest absolute Gasteiger partial charge is 0.481 e. The van der Waals surface area contributed by atoms with E-state index in [1.165, 1.54) is 4.31 Å². The number of fused-ring (bicyclic) bond motifs is 1. The Morgan fingerprint density at radius 1 is 1.42 bits per heavy atom. The van der Waals surface area contributed by atoms with E-state index >= 15 is 0 Å². The molecule has 104 valence electrons. The summed E-state index contributed by atoms with van der Waals surface area (Å²) in [7, 11) is -3.39. The lowest BCUT2D eigenvalue weighted by molar-refractivity contribution is -0.138. The summed E-state index contributed by atoms with van der Waals surface area (Å²) < 4.78 is 25.5. The number of carboxylic acids is 1. The fraction of sp³-hybridized carbons (Fsp3) is 0.462. The van der Waals surface area contributed by atoms with Crippen LogP contribution in [-0.2, 0) is 21.2 Å². The van der Waals surface area contributed by atoms with Crippen molar-refractivity contribution < 1.29 is 18.3 Å². The lowest BCUT2D eigenvalue weighted by atomic mass is 9.92. The van der Waals surface area contributed by atoms with E-state index in [0.717, 1.165) is 11.1 Å². The first-order valence-electron chi connectivity index (χ1n) is 6.25. The van der Waals surface area contributed by atoms with E-state index in [1.807, 2.05) is 24.3 Å². The molecule has 1 aliphatic heterocycles. The lowest BCUT2D eigenvalue weighted by Crippen LogP contribution is -2.41. The molecule has 0 aromatic heterocycles. The number of nitrogens with zero attached hydrogens (tertiary/aromatic N) is 1. The molecule has 1 aromatic rings. The van der Waals surface area contributed by atoms with Crippen LogP contribution in [0.2, 0.25) is 0 Å². The molecule has 1 N–H and O–H groups in total. The Labute approximate surface area is 112 Å². The summed E-state index contributed by atoms with van der Waals surface area (Å²) in [4.78, 5) is 11.0. The Hall–Kier alpha value is -1.40. The molecule has 19 heavy (non-hydrogen) atoms. The van der Waals surface area contributed by atoms with Gasteiger partial charge in [-0.25, -0.2) is 8.42 Å². The van der Waals surface area contributed by atoms with Gasteiger partial charge < -0.3 is 5.11 Å². The number of hydrogen-bond donors (Lipinski definition) is 1. The van der Waals surface area contributed by atoms with Gasteiger partial charge in [0.25, 0.3) is 0 Å². The fourth-order valence-electron chi connectivity index (χ4n) is 2.50. The molecule has 6 heteroatoms. The van der Waals surface area contributed by atoms with E-state index in [0.29, 0.717) is 13.0 Å². The van der Waals surface area contributed by atoms with Gasteiger partial charge in [0.2, 0.25) is 10.0 Å². The van der Waals surface area contributed by atoms with Crippen LogP contribution < -0.4 is 0 Å². The summed E-state index contributed by atoms with van der Waals surface area (Å²) >= 11 is 0. The third kappa shape index (κ3) is 2.79. The van der Waals surface area contributed by atoms with Gasteiger partial charge in [0.1, 0.15) is 0 Å². The van der Waals surface area contributed by atoms with Crippen molar-refractivity contribution in [1.82, 2.24) is 4.31 Å². The van der Waals surface area contributed by atoms with E-state index < -0.39 is 22.0 Å². The van der Waals surface area contributed by atoms with Gasteiger partial charge in [0.05, 0.1) is 18.2 Å². The average Bonchev–Trinajstić information content (AvgIpc) is 2.38. The predicted octanol–water partition coefficient (Wildman–Crippen LogP) is 1.41. The van der Waals surface area contributed by atoms with Gasteiger partial charge in [-0.15, -0.1) is 0 Å². The minimum atomic E-state index is -3.39. The van der Waals surface area contributed by atoms with Crippen LogP contribution >= 0.6 is 0 Å². The van der Waals surface area contributed by atoms with Gasteiger partial charge >= 0.3 is 5.97 Å². The second-order valence-corrected chi connectivity index (χ2v) is 6.78. The molecule has 0 fully saturated rings. The summed E-state index contributed by atoms with van der Waals surface area (Å²) in [5.41, 5.74) is 1.85. The Morgan fingerprint density at radius 3 is 2.74 bits per heavy atom. The normalized spacial score (nSPS) is 19.9. The molecular weight excluding hydrogens is 266 g/mol. The summed E-state index contributed by atoms with van der Waals surface area (Å²) in [5, 5.41) is 9.03. The topological polar surface area (TPSA) is 74.7 Å². The first-order chi connectivity index (χ1) is 8.95. The van der Waals surface area contributed by atoms with E-state index in [-0.39, 0.29) is 12.2 Å². The van der Waals surface area contributed by atoms with Gasteiger partial charge in [-0.05, 0) is 24.5 Å². The van der Waals surface area contributed by atoms with Crippen LogP contribution in [0, 0.1) is 0 Å². The highest BCUT2D eigenvalue weighted by molar-refractivity contribution is 7.89. The zero-order valence-electron chi connectivity index (χ0n) is 10.7. The molecule has 1 unspecified atom stereocenters. The highest BCUT2D eigenvalue weighted by Gasteiger charge is 2.35. The third-order valence-corrected chi connectivity index (χ3v) is 5.33. The fourth-order valence-corrected chi connectivity index (χ4v) is 3.78. The molecule has 1 atom stereocenters. The van der Waals surface area contributed by atoms with Gasteiger partial charge in [0, 0.05) is 6.54 Å². The molecule has 1 heterocycles. The zero-order chi connectivity index (χ0) is 14.0. The third-order valence-electron chi connectivity index (χ3n) is 3.45. The molecule has 0 saturated carbocycles. The molecule has 0 amide bonds. The van der Waals surface area contributed by atoms with Crippen molar-refractivity contribution in [2.45, 2.75) is 25.8 Å². The molecule has 0 radical (unpaired) electrons. The van der Waals surface area contributed by atoms with E-state index in [2.05, 4.69) is 0 Å². The van der Waals surface area contributed by atoms with Gasteiger partial charge in [-0.1, -0.05) is 24.3 Å². The van der Waals surface area contributed by atoms with E-state index in [1.54, 1.807) is 6.92 Å². The maximum Gasteiger partial charge on any atom is 0.305 e. The summed E-state index contributed by atoms with van der Waals surface area (Å²) in [6.07, 6.45) is 0.432. The van der Waals surface area contributed by atoms with Gasteiger partial charge in [-0.3, -0.25) is 4.79 Å². The highest BCUT2D eigenvalue weighted by Crippen LogP contribution is 2.34. The van der Waals surface area contributed by atoms with Crippen molar-refractivity contribution in [1.29, 1.82) is 0 Å². The van der Waals surface area contributed by atoms with Crippen LogP contribution in [0.25, 0.3) is 0 Å². The van der Waals surface area contributed by atoms with Gasteiger partial charge in [-0.2, -0.15) is 4.31 Å². The maximum absolute atomic E-state index is 12.1. The second kappa shape index (κ2) is 5.30. The van der Waals surface area contributed by atoms with Crippen LogP contribution in [0.3, 0.4) is 0 Å². The molecule has 0 aliphatic carbocycles. The molecule has 0 spiro atoms. The number of benzene rings is 1. The number of carbonyl (C=O) groups is 1. The quantitative estimate of drug-likeness (QED) is 0.906. The second-order valence-electron chi connectivity index (χ2n) is 4.57. The number of carboxylic acid groups (broad SMARTS) is 1. The molecular formula is C13H17NO4S. The van der Waals surface area contributed by atoms with E-state index in [4.69, 9.17) is 5.11 Å². The average molecular weight is 283 g/mol. The number of hydrogen-bond acceptors (Lipinski definition) is 3. The molecule has 0 saturated heterocycles. The Bertz CT molecular complexity index is 582. The SMILES string of the molecule is CCS(=O)(=O)N1CCc2ccccc2C1CC(=O)O. The van der Waals surface area contributed by atoms with Crippen molar-refractivity contribution in [3.8, 4) is 0 Å². The molecule has 2 rings (SSSR count). The Balaban J connectivity index is 2.45. The van der Waals surface area contributed by atoms with E-state index in [9.17, 15) is 13.2 Å². The summed E-state index contributed by atoms with van der Waals surface area (Å²) in [5.74, 6) is -0.997. The Kier molecular flexibility index (Phi) is 3.91. The minimum absolute atomic E-state index is 0.00864. The van der Waals surface area contributed by atoms with Crippen molar-refractivity contribution in [2.75, 3.05) is 12.3 Å². The predicted molar refractivity (Wildman–Crippen MR) is 71.3 cm³/mol. The summed E-state index contributed by atoms with van der Waals surface area (Å²) in [6.45, 7) is 1.93. The minimum Gasteiger partial charge on any atom is -0.481 e. The molecule has 1 aliphatic rings. The smallest absolute Gasteiger partial charge is 0.305 e. The standard InChI is InChI=1S/C13H17NO4S/c1-2-19(17,18)14-8-7-10-5-3-4-6-11(10)12(14)9-13(15)16/h3-6,12H,2,7-9H2,1H3,(H,15,16). The van der Waals surface area contributed by atoms with Crippen LogP contribution in [0.15, 0.2) is 24.3 Å². The van der Waals surface area contributed by atoms with Crippen molar-refractivity contribution in [3.63, 3.8) is 0 Å². The zero-order valence-corrected chi connectivity index (χ0v) is 11.6. The molecule has 1 aromatic carbocycles. The van der Waals surface area contributed by atoms with Crippen molar-refractivity contribution in [3.05, 3.63) is 35.4 Å². The highest BCUT2D eigenvalue weighted by atomic mass is 32.2. The van der Waals surface area contributed by atoms with Crippen molar-refractivity contribution >= 4 is 16.0 Å². The van der Waals surface area contributed by atoms with Gasteiger partial charge in [0.15, 0.2) is 0 Å². The van der Waals surface area contributed by atoms with Crippen LogP contribution in [0.1, 0.15) is 30.5 Å². The van der Waals surface area contributed by atoms with Crippen LogP contribution in [0.4, 0.5) is 0 Å². The van der Waals surface area contributed by atoms with Crippen LogP contribution in [0.5, 0.6) is 0 Å². The first-order valence-corrected chi connectivity index (χ1v) is 7.85.